The van der Waals surface area contributed by atoms with Gasteiger partial charge in [-0.05, 0) is 6.92 Å². The summed E-state index contributed by atoms with van der Waals surface area (Å²) in [5, 5.41) is 9.71. The predicted octanol–water partition coefficient (Wildman–Crippen LogP) is 1.27. The summed E-state index contributed by atoms with van der Waals surface area (Å²) in [6.07, 6.45) is -0.674. The molecule has 76 valence electrons. The lowest BCUT2D eigenvalue weighted by atomic mass is 10.0. The molecule has 1 heterocycles. The maximum absolute atomic E-state index is 9.71. The van der Waals surface area contributed by atoms with E-state index in [2.05, 4.69) is 0 Å². The molecule has 3 heteroatoms. The maximum atomic E-state index is 9.71. The Kier molecular flexibility index (Phi) is 2.54. The van der Waals surface area contributed by atoms with E-state index in [-0.39, 0.29) is 0 Å². The van der Waals surface area contributed by atoms with Gasteiger partial charge in [0.1, 0.15) is 6.10 Å². The van der Waals surface area contributed by atoms with Gasteiger partial charge in [-0.1, -0.05) is 30.3 Å². The van der Waals surface area contributed by atoms with Gasteiger partial charge in [0.15, 0.2) is 0 Å². The van der Waals surface area contributed by atoms with E-state index in [0.717, 1.165) is 5.56 Å². The first kappa shape index (κ1) is 9.65. The lowest BCUT2D eigenvalue weighted by Gasteiger charge is -2.30. The molecule has 1 aromatic rings. The third-order valence-corrected chi connectivity index (χ3v) is 2.44. The minimum Gasteiger partial charge on any atom is -0.387 e. The average Bonchev–Trinajstić information content (AvgIpc) is 2.69. The fourth-order valence-corrected chi connectivity index (χ4v) is 1.75. The highest BCUT2D eigenvalue weighted by molar-refractivity contribution is 5.22. The summed E-state index contributed by atoms with van der Waals surface area (Å²) < 4.78 is 11.0. The molecule has 0 spiro atoms. The summed E-state index contributed by atoms with van der Waals surface area (Å²) in [6.45, 7) is 2.73. The molecule has 0 saturated carbocycles. The van der Waals surface area contributed by atoms with E-state index in [1.54, 1.807) is 6.92 Å². The van der Waals surface area contributed by atoms with Crippen LogP contribution >= 0.6 is 0 Å². The largest absolute Gasteiger partial charge is 0.387 e. The molecule has 14 heavy (non-hydrogen) atoms. The molecule has 1 unspecified atom stereocenters. The third kappa shape index (κ3) is 1.43. The van der Waals surface area contributed by atoms with Crippen molar-refractivity contribution >= 4 is 0 Å². The van der Waals surface area contributed by atoms with Gasteiger partial charge < -0.3 is 14.6 Å². The summed E-state index contributed by atoms with van der Waals surface area (Å²) >= 11 is 0. The highest BCUT2D eigenvalue weighted by atomic mass is 16.7. The Balaban J connectivity index is 2.36. The SMILES string of the molecule is CC(O)C1(c2ccccc2)OCCO1. The van der Waals surface area contributed by atoms with Crippen molar-refractivity contribution < 1.29 is 14.6 Å². The van der Waals surface area contributed by atoms with Crippen LogP contribution in [0.5, 0.6) is 0 Å². The lowest BCUT2D eigenvalue weighted by molar-refractivity contribution is -0.224. The molecule has 2 rings (SSSR count). The second-order valence-corrected chi connectivity index (χ2v) is 3.41. The molecule has 0 radical (unpaired) electrons. The number of hydrogen-bond acceptors (Lipinski definition) is 3. The zero-order valence-corrected chi connectivity index (χ0v) is 8.14. The van der Waals surface area contributed by atoms with Crippen LogP contribution in [-0.4, -0.2) is 24.4 Å². The first-order valence-electron chi connectivity index (χ1n) is 4.77. The van der Waals surface area contributed by atoms with Crippen LogP contribution in [0.3, 0.4) is 0 Å². The Labute approximate surface area is 83.3 Å². The number of rotatable bonds is 2. The van der Waals surface area contributed by atoms with Crippen molar-refractivity contribution in [1.82, 2.24) is 0 Å². The number of ether oxygens (including phenoxy) is 2. The molecular formula is C11H14O3. The van der Waals surface area contributed by atoms with Crippen LogP contribution in [0.4, 0.5) is 0 Å². The summed E-state index contributed by atoms with van der Waals surface area (Å²) in [5.41, 5.74) is 0.868. The van der Waals surface area contributed by atoms with E-state index in [1.165, 1.54) is 0 Å². The van der Waals surface area contributed by atoms with Gasteiger partial charge >= 0.3 is 0 Å². The molecule has 0 amide bonds. The van der Waals surface area contributed by atoms with Gasteiger partial charge in [-0.2, -0.15) is 0 Å². The van der Waals surface area contributed by atoms with Crippen molar-refractivity contribution in [1.29, 1.82) is 0 Å². The van der Waals surface area contributed by atoms with E-state index in [0.29, 0.717) is 13.2 Å². The summed E-state index contributed by atoms with van der Waals surface area (Å²) in [5.74, 6) is -0.957. The highest BCUT2D eigenvalue weighted by Gasteiger charge is 2.43. The standard InChI is InChI=1S/C11H14O3/c1-9(12)11(13-7-8-14-11)10-5-3-2-4-6-10/h2-6,9,12H,7-8H2,1H3. The molecule has 1 aliphatic rings. The minimum absolute atomic E-state index is 0.528. The number of benzene rings is 1. The smallest absolute Gasteiger partial charge is 0.221 e. The summed E-state index contributed by atoms with van der Waals surface area (Å²) in [6, 6.07) is 9.54. The van der Waals surface area contributed by atoms with Crippen LogP contribution in [0.2, 0.25) is 0 Å². The Bertz CT molecular complexity index is 289. The van der Waals surface area contributed by atoms with Crippen molar-refractivity contribution in [3.63, 3.8) is 0 Å². The Morgan fingerprint density at radius 3 is 2.29 bits per heavy atom. The van der Waals surface area contributed by atoms with Gasteiger partial charge in [0.25, 0.3) is 0 Å². The number of hydrogen-bond donors (Lipinski definition) is 1. The fraction of sp³-hybridized carbons (Fsp3) is 0.455. The van der Waals surface area contributed by atoms with E-state index >= 15 is 0 Å². The van der Waals surface area contributed by atoms with Gasteiger partial charge in [-0.25, -0.2) is 0 Å². The first-order valence-corrected chi connectivity index (χ1v) is 4.77. The molecule has 1 aliphatic heterocycles. The van der Waals surface area contributed by atoms with Gasteiger partial charge in [0.05, 0.1) is 13.2 Å². The molecule has 0 bridgehead atoms. The van der Waals surface area contributed by atoms with Crippen LogP contribution in [0, 0.1) is 0 Å². The lowest BCUT2D eigenvalue weighted by Crippen LogP contribution is -2.38. The van der Waals surface area contributed by atoms with Crippen molar-refractivity contribution in [2.75, 3.05) is 13.2 Å². The summed E-state index contributed by atoms with van der Waals surface area (Å²) in [4.78, 5) is 0. The topological polar surface area (TPSA) is 38.7 Å². The van der Waals surface area contributed by atoms with Crippen molar-refractivity contribution in [2.45, 2.75) is 18.8 Å². The zero-order valence-electron chi connectivity index (χ0n) is 8.14. The number of aliphatic hydroxyl groups is 1. The maximum Gasteiger partial charge on any atom is 0.221 e. The normalized spacial score (nSPS) is 22.1. The van der Waals surface area contributed by atoms with Gasteiger partial charge in [-0.3, -0.25) is 0 Å². The van der Waals surface area contributed by atoms with Crippen LogP contribution < -0.4 is 0 Å². The second kappa shape index (κ2) is 3.69. The van der Waals surface area contributed by atoms with Crippen molar-refractivity contribution in [3.8, 4) is 0 Å². The van der Waals surface area contributed by atoms with Crippen LogP contribution in [0.15, 0.2) is 30.3 Å². The molecular weight excluding hydrogens is 180 g/mol. The zero-order chi connectivity index (χ0) is 10.0. The molecule has 1 N–H and O–H groups in total. The molecule has 1 aromatic carbocycles. The van der Waals surface area contributed by atoms with Crippen molar-refractivity contribution in [2.24, 2.45) is 0 Å². The van der Waals surface area contributed by atoms with E-state index in [1.807, 2.05) is 30.3 Å². The van der Waals surface area contributed by atoms with E-state index in [9.17, 15) is 5.11 Å². The molecule has 0 aromatic heterocycles. The van der Waals surface area contributed by atoms with Gasteiger partial charge in [0.2, 0.25) is 5.79 Å². The Morgan fingerprint density at radius 1 is 1.21 bits per heavy atom. The first-order chi connectivity index (χ1) is 6.76. The van der Waals surface area contributed by atoms with Gasteiger partial charge in [0, 0.05) is 5.56 Å². The fourth-order valence-electron chi connectivity index (χ4n) is 1.75. The summed E-state index contributed by atoms with van der Waals surface area (Å²) in [7, 11) is 0. The number of aliphatic hydroxyl groups excluding tert-OH is 1. The minimum atomic E-state index is -0.957. The van der Waals surface area contributed by atoms with Crippen LogP contribution in [0.1, 0.15) is 12.5 Å². The van der Waals surface area contributed by atoms with Crippen LogP contribution in [0.25, 0.3) is 0 Å². The van der Waals surface area contributed by atoms with E-state index in [4.69, 9.17) is 9.47 Å². The molecule has 1 saturated heterocycles. The highest BCUT2D eigenvalue weighted by Crippen LogP contribution is 2.34. The van der Waals surface area contributed by atoms with Crippen molar-refractivity contribution in [3.05, 3.63) is 35.9 Å². The third-order valence-electron chi connectivity index (χ3n) is 2.44. The van der Waals surface area contributed by atoms with Gasteiger partial charge in [-0.15, -0.1) is 0 Å². The molecule has 0 aliphatic carbocycles. The molecule has 3 nitrogen and oxygen atoms in total. The monoisotopic (exact) mass is 194 g/mol. The Morgan fingerprint density at radius 2 is 1.79 bits per heavy atom. The van der Waals surface area contributed by atoms with Crippen LogP contribution in [-0.2, 0) is 15.3 Å². The quantitative estimate of drug-likeness (QED) is 0.770. The predicted molar refractivity (Wildman–Crippen MR) is 51.7 cm³/mol. The molecule has 1 fully saturated rings. The average molecular weight is 194 g/mol. The Hall–Kier alpha value is -0.900. The second-order valence-electron chi connectivity index (χ2n) is 3.41. The molecule has 1 atom stereocenters. The van der Waals surface area contributed by atoms with E-state index < -0.39 is 11.9 Å².